The molecule has 4 aromatic rings. The van der Waals surface area contributed by atoms with Gasteiger partial charge in [-0.1, -0.05) is 72.3 Å². The summed E-state index contributed by atoms with van der Waals surface area (Å²) in [4.78, 5) is 12.1. The number of nitrogens with zero attached hydrogens (tertiary/aromatic N) is 1. The molecule has 0 unspecified atom stereocenters. The van der Waals surface area contributed by atoms with E-state index < -0.39 is 0 Å². The van der Waals surface area contributed by atoms with Gasteiger partial charge >= 0.3 is 0 Å². The maximum atomic E-state index is 12.1. The number of amides is 1. The van der Waals surface area contributed by atoms with Crippen LogP contribution in [-0.2, 0) is 4.79 Å². The number of benzene rings is 3. The predicted octanol–water partition coefficient (Wildman–Crippen LogP) is 5.80. The molecule has 31 heavy (non-hydrogen) atoms. The lowest BCUT2D eigenvalue weighted by molar-refractivity contribution is -0.123. The molecule has 4 rings (SSSR count). The summed E-state index contributed by atoms with van der Waals surface area (Å²) < 4.78 is 11.4. The third-order valence-corrected chi connectivity index (χ3v) is 4.68. The smallest absolute Gasteiger partial charge is 0.277 e. The first-order valence-electron chi connectivity index (χ1n) is 9.64. The van der Waals surface area contributed by atoms with Crippen LogP contribution in [0.15, 0.2) is 101 Å². The highest BCUT2D eigenvalue weighted by Gasteiger charge is 2.08. The first-order valence-corrected chi connectivity index (χ1v) is 10.0. The van der Waals surface area contributed by atoms with Crippen LogP contribution in [0.25, 0.3) is 22.5 Å². The summed E-state index contributed by atoms with van der Waals surface area (Å²) in [7, 11) is 0. The number of rotatable bonds is 7. The number of halogens is 1. The Labute approximate surface area is 184 Å². The number of hydrogen-bond donors (Lipinski definition) is 1. The molecule has 1 aromatic heterocycles. The average molecular weight is 431 g/mol. The Morgan fingerprint density at radius 2 is 1.71 bits per heavy atom. The molecule has 0 aliphatic carbocycles. The number of hydrogen-bond acceptors (Lipinski definition) is 4. The fourth-order valence-electron chi connectivity index (χ4n) is 3.01. The zero-order valence-electron chi connectivity index (χ0n) is 16.5. The van der Waals surface area contributed by atoms with Gasteiger partial charge in [0.25, 0.3) is 5.91 Å². The molecule has 3 aromatic carbocycles. The van der Waals surface area contributed by atoms with Crippen molar-refractivity contribution in [2.45, 2.75) is 0 Å². The van der Waals surface area contributed by atoms with Gasteiger partial charge in [-0.2, -0.15) is 5.10 Å². The fraction of sp³-hybridized carbons (Fsp3) is 0.0400. The Morgan fingerprint density at radius 1 is 0.935 bits per heavy atom. The molecule has 0 aliphatic heterocycles. The van der Waals surface area contributed by atoms with Gasteiger partial charge in [-0.25, -0.2) is 5.43 Å². The van der Waals surface area contributed by atoms with Crippen LogP contribution in [0.2, 0.25) is 5.02 Å². The molecule has 0 radical (unpaired) electrons. The third kappa shape index (κ3) is 5.41. The molecule has 0 aliphatic rings. The molecule has 0 spiro atoms. The minimum atomic E-state index is -0.374. The van der Waals surface area contributed by atoms with Crippen molar-refractivity contribution in [3.63, 3.8) is 0 Å². The van der Waals surface area contributed by atoms with Crippen LogP contribution in [0.3, 0.4) is 0 Å². The van der Waals surface area contributed by atoms with Crippen molar-refractivity contribution in [1.29, 1.82) is 0 Å². The monoisotopic (exact) mass is 430 g/mol. The summed E-state index contributed by atoms with van der Waals surface area (Å²) in [6.07, 6.45) is 1.43. The highest BCUT2D eigenvalue weighted by molar-refractivity contribution is 6.30. The second-order valence-electron chi connectivity index (χ2n) is 6.66. The molecule has 1 amide bonds. The van der Waals surface area contributed by atoms with Crippen LogP contribution in [-0.4, -0.2) is 18.7 Å². The molecule has 0 saturated carbocycles. The van der Waals surface area contributed by atoms with E-state index in [4.69, 9.17) is 20.8 Å². The van der Waals surface area contributed by atoms with Gasteiger partial charge in [-0.3, -0.25) is 4.79 Å². The van der Waals surface area contributed by atoms with Crippen LogP contribution in [0.4, 0.5) is 0 Å². The highest BCUT2D eigenvalue weighted by Crippen LogP contribution is 2.29. The van der Waals surface area contributed by atoms with Crippen LogP contribution in [0.5, 0.6) is 5.75 Å². The SMILES string of the molecule is O=C(COc1ccccc1-c1ccccc1)N/N=C/c1ccc(-c2cccc(Cl)c2)o1. The second-order valence-corrected chi connectivity index (χ2v) is 7.09. The van der Waals surface area contributed by atoms with Gasteiger partial charge in [-0.15, -0.1) is 0 Å². The lowest BCUT2D eigenvalue weighted by atomic mass is 10.1. The van der Waals surface area contributed by atoms with E-state index in [9.17, 15) is 4.79 Å². The van der Waals surface area contributed by atoms with Gasteiger partial charge in [-0.05, 0) is 35.9 Å². The molecule has 0 bridgehead atoms. The Morgan fingerprint density at radius 3 is 2.55 bits per heavy atom. The van der Waals surface area contributed by atoms with Gasteiger partial charge in [0.1, 0.15) is 17.3 Å². The fourth-order valence-corrected chi connectivity index (χ4v) is 3.20. The summed E-state index contributed by atoms with van der Waals surface area (Å²) >= 11 is 6.01. The van der Waals surface area contributed by atoms with Gasteiger partial charge in [0.15, 0.2) is 6.61 Å². The summed E-state index contributed by atoms with van der Waals surface area (Å²) in [5, 5.41) is 4.56. The summed E-state index contributed by atoms with van der Waals surface area (Å²) in [5.41, 5.74) is 5.24. The zero-order valence-corrected chi connectivity index (χ0v) is 17.3. The minimum absolute atomic E-state index is 0.160. The van der Waals surface area contributed by atoms with E-state index in [1.807, 2.05) is 78.9 Å². The van der Waals surface area contributed by atoms with Crippen LogP contribution < -0.4 is 10.2 Å². The lowest BCUT2D eigenvalue weighted by Gasteiger charge is -2.10. The van der Waals surface area contributed by atoms with Crippen LogP contribution in [0, 0.1) is 0 Å². The molecule has 0 fully saturated rings. The Kier molecular flexibility index (Phi) is 6.45. The van der Waals surface area contributed by atoms with E-state index >= 15 is 0 Å². The van der Waals surface area contributed by atoms with Crippen molar-refractivity contribution < 1.29 is 13.9 Å². The summed E-state index contributed by atoms with van der Waals surface area (Å²) in [5.74, 6) is 1.42. The Balaban J connectivity index is 1.33. The first kappa shape index (κ1) is 20.4. The van der Waals surface area contributed by atoms with E-state index in [2.05, 4.69) is 10.5 Å². The molecular formula is C25H19ClN2O3. The predicted molar refractivity (Wildman–Crippen MR) is 122 cm³/mol. The second kappa shape index (κ2) is 9.78. The normalized spacial score (nSPS) is 10.9. The molecule has 1 N–H and O–H groups in total. The summed E-state index contributed by atoms with van der Waals surface area (Å²) in [6.45, 7) is -0.160. The standard InChI is InChI=1S/C25H19ClN2O3/c26-20-10-6-9-19(15-20)23-14-13-21(31-23)16-27-28-25(29)17-30-24-12-5-4-11-22(24)18-7-2-1-3-8-18/h1-16H,17H2,(H,28,29)/b27-16+. The lowest BCUT2D eigenvalue weighted by Crippen LogP contribution is -2.24. The van der Waals surface area contributed by atoms with Crippen LogP contribution >= 0.6 is 11.6 Å². The number of nitrogens with one attached hydrogen (secondary N) is 1. The molecule has 0 saturated heterocycles. The van der Waals surface area contributed by atoms with Crippen molar-refractivity contribution in [3.8, 4) is 28.2 Å². The van der Waals surface area contributed by atoms with Gasteiger partial charge < -0.3 is 9.15 Å². The Hall–Kier alpha value is -3.83. The maximum Gasteiger partial charge on any atom is 0.277 e. The molecule has 6 heteroatoms. The molecule has 0 atom stereocenters. The first-order chi connectivity index (χ1) is 15.2. The van der Waals surface area contributed by atoms with Crippen molar-refractivity contribution in [1.82, 2.24) is 5.43 Å². The van der Waals surface area contributed by atoms with Crippen molar-refractivity contribution in [2.75, 3.05) is 6.61 Å². The maximum absolute atomic E-state index is 12.1. The van der Waals surface area contributed by atoms with E-state index in [-0.39, 0.29) is 12.5 Å². The number of carbonyl (C=O) groups is 1. The molecular weight excluding hydrogens is 412 g/mol. The number of ether oxygens (including phenoxy) is 1. The van der Waals surface area contributed by atoms with E-state index in [1.165, 1.54) is 6.21 Å². The topological polar surface area (TPSA) is 63.8 Å². The molecule has 154 valence electrons. The largest absolute Gasteiger partial charge is 0.483 e. The Bertz CT molecular complexity index is 1200. The number of para-hydroxylation sites is 1. The van der Waals surface area contributed by atoms with Crippen molar-refractivity contribution >= 4 is 23.7 Å². The van der Waals surface area contributed by atoms with Crippen molar-refractivity contribution in [2.24, 2.45) is 5.10 Å². The highest BCUT2D eigenvalue weighted by atomic mass is 35.5. The van der Waals surface area contributed by atoms with E-state index in [0.29, 0.717) is 22.3 Å². The third-order valence-electron chi connectivity index (χ3n) is 4.45. The quantitative estimate of drug-likeness (QED) is 0.298. The van der Waals surface area contributed by atoms with E-state index in [1.54, 1.807) is 12.1 Å². The zero-order chi connectivity index (χ0) is 21.5. The molecule has 5 nitrogen and oxygen atoms in total. The van der Waals surface area contributed by atoms with Gasteiger partial charge in [0.05, 0.1) is 6.21 Å². The molecule has 1 heterocycles. The van der Waals surface area contributed by atoms with Crippen LogP contribution in [0.1, 0.15) is 5.76 Å². The van der Waals surface area contributed by atoms with Gasteiger partial charge in [0, 0.05) is 16.1 Å². The van der Waals surface area contributed by atoms with Gasteiger partial charge in [0.2, 0.25) is 0 Å². The van der Waals surface area contributed by atoms with Crippen molar-refractivity contribution in [3.05, 3.63) is 102 Å². The number of carbonyl (C=O) groups excluding carboxylic acids is 1. The van der Waals surface area contributed by atoms with E-state index in [0.717, 1.165) is 16.7 Å². The number of hydrazone groups is 1. The summed E-state index contributed by atoms with van der Waals surface area (Å²) in [6, 6.07) is 28.4. The number of furan rings is 1. The average Bonchev–Trinajstić information content (AvgIpc) is 3.27. The minimum Gasteiger partial charge on any atom is -0.483 e.